The van der Waals surface area contributed by atoms with E-state index >= 15 is 0 Å². The zero-order valence-electron chi connectivity index (χ0n) is 19.9. The molecule has 2 unspecified atom stereocenters. The van der Waals surface area contributed by atoms with Crippen LogP contribution in [0, 0.1) is 5.92 Å². The van der Waals surface area contributed by atoms with Gasteiger partial charge in [-0.15, -0.1) is 0 Å². The zero-order valence-corrected chi connectivity index (χ0v) is 20.7. The number of anilines is 1. The van der Waals surface area contributed by atoms with Crippen LogP contribution in [0.15, 0.2) is 59.8 Å². The number of hydrogen-bond donors (Lipinski definition) is 4. The van der Waals surface area contributed by atoms with Gasteiger partial charge in [-0.2, -0.15) is 4.31 Å². The number of hydrogen-bond acceptors (Lipinski definition) is 6. The van der Waals surface area contributed by atoms with Gasteiger partial charge in [0.25, 0.3) is 10.0 Å². The maximum atomic E-state index is 13.1. The van der Waals surface area contributed by atoms with E-state index in [1.165, 1.54) is 16.6 Å². The lowest BCUT2D eigenvalue weighted by Gasteiger charge is -2.27. The van der Waals surface area contributed by atoms with E-state index in [0.29, 0.717) is 24.9 Å². The van der Waals surface area contributed by atoms with Gasteiger partial charge in [-0.3, -0.25) is 4.79 Å². The van der Waals surface area contributed by atoms with Crippen LogP contribution in [0.1, 0.15) is 33.1 Å². The molecule has 35 heavy (non-hydrogen) atoms. The van der Waals surface area contributed by atoms with Crippen molar-refractivity contribution in [3.63, 3.8) is 0 Å². The van der Waals surface area contributed by atoms with Crippen LogP contribution in [0.5, 0.6) is 0 Å². The Balaban J connectivity index is 1.64. The predicted octanol–water partition coefficient (Wildman–Crippen LogP) is 1.95. The van der Waals surface area contributed by atoms with E-state index in [1.54, 1.807) is 36.4 Å². The van der Waals surface area contributed by atoms with Crippen LogP contribution in [-0.2, 0) is 14.8 Å². The van der Waals surface area contributed by atoms with Gasteiger partial charge in [-0.05, 0) is 49.4 Å². The number of aromatic nitrogens is 1. The van der Waals surface area contributed by atoms with E-state index in [-0.39, 0.29) is 24.0 Å². The number of pyridine rings is 1. The first-order chi connectivity index (χ1) is 16.7. The van der Waals surface area contributed by atoms with Crippen LogP contribution in [0.25, 0.3) is 0 Å². The quantitative estimate of drug-likeness (QED) is 0.434. The highest BCUT2D eigenvalue weighted by atomic mass is 32.2. The summed E-state index contributed by atoms with van der Waals surface area (Å²) in [5, 5.41) is 18.9. The summed E-state index contributed by atoms with van der Waals surface area (Å²) in [6.45, 7) is 3.92. The average Bonchev–Trinajstić information content (AvgIpc) is 3.01. The fourth-order valence-electron chi connectivity index (χ4n) is 3.96. The molecule has 1 aromatic heterocycles. The van der Waals surface area contributed by atoms with Crippen LogP contribution < -0.4 is 16.0 Å². The molecule has 3 rings (SSSR count). The molecule has 0 bridgehead atoms. The third-order valence-corrected chi connectivity index (χ3v) is 7.49. The van der Waals surface area contributed by atoms with Crippen molar-refractivity contribution in [1.29, 1.82) is 0 Å². The number of sulfonamides is 1. The van der Waals surface area contributed by atoms with Gasteiger partial charge in [0.1, 0.15) is 6.04 Å². The second-order valence-electron chi connectivity index (χ2n) is 9.00. The molecule has 3 atom stereocenters. The zero-order chi connectivity index (χ0) is 25.4. The monoisotopic (exact) mass is 503 g/mol. The molecule has 1 aliphatic heterocycles. The molecule has 0 radical (unpaired) electrons. The van der Waals surface area contributed by atoms with Gasteiger partial charge in [0, 0.05) is 25.0 Å². The number of carbonyl (C=O) groups is 2. The predicted molar refractivity (Wildman–Crippen MR) is 132 cm³/mol. The van der Waals surface area contributed by atoms with E-state index in [9.17, 15) is 23.1 Å². The smallest absolute Gasteiger partial charge is 0.319 e. The van der Waals surface area contributed by atoms with E-state index < -0.39 is 40.1 Å². The number of urea groups is 1. The average molecular weight is 504 g/mol. The lowest BCUT2D eigenvalue weighted by atomic mass is 10.0. The van der Waals surface area contributed by atoms with E-state index in [1.807, 2.05) is 19.9 Å². The summed E-state index contributed by atoms with van der Waals surface area (Å²) in [6.07, 6.45) is 1.53. The fourth-order valence-corrected chi connectivity index (χ4v) is 5.39. The number of carbonyl (C=O) groups excluding carboxylic acids is 2. The van der Waals surface area contributed by atoms with Gasteiger partial charge >= 0.3 is 6.03 Å². The molecule has 10 nitrogen and oxygen atoms in total. The van der Waals surface area contributed by atoms with Gasteiger partial charge in [0.15, 0.2) is 5.03 Å². The van der Waals surface area contributed by atoms with Crippen LogP contribution in [0.3, 0.4) is 0 Å². The van der Waals surface area contributed by atoms with Crippen LogP contribution >= 0.6 is 0 Å². The molecule has 2 aromatic rings. The summed E-state index contributed by atoms with van der Waals surface area (Å²) in [4.78, 5) is 29.5. The first-order valence-electron chi connectivity index (χ1n) is 11.7. The Morgan fingerprint density at radius 3 is 2.51 bits per heavy atom. The Bertz CT molecular complexity index is 1080. The summed E-state index contributed by atoms with van der Waals surface area (Å²) in [7, 11) is -3.86. The van der Waals surface area contributed by atoms with Gasteiger partial charge in [0.05, 0.1) is 12.1 Å². The fraction of sp³-hybridized carbons (Fsp3) is 0.458. The maximum absolute atomic E-state index is 13.1. The van der Waals surface area contributed by atoms with Crippen LogP contribution in [0.4, 0.5) is 10.5 Å². The van der Waals surface area contributed by atoms with Gasteiger partial charge in [-0.1, -0.05) is 38.1 Å². The van der Waals surface area contributed by atoms with Crippen molar-refractivity contribution >= 4 is 27.6 Å². The van der Waals surface area contributed by atoms with Crippen molar-refractivity contribution < 1.29 is 23.1 Å². The van der Waals surface area contributed by atoms with Gasteiger partial charge in [0.2, 0.25) is 5.91 Å². The normalized spacial score (nSPS) is 20.0. The minimum absolute atomic E-state index is 0.0830. The molecule has 1 aliphatic rings. The number of rotatable bonds is 8. The second kappa shape index (κ2) is 12.1. The Labute approximate surface area is 206 Å². The topological polar surface area (TPSA) is 141 Å². The number of β-amino-alcohol motifs (C(OH)–C–C–N with tert-alkyl or cyclic N) is 1. The molecule has 2 heterocycles. The SMILES string of the molecule is CC(C)CC(NC(=O)Nc1ccccc1)C(=O)NC1CCCN(S(=O)(=O)c2ccccn2)C[C@@H]1O. The van der Waals surface area contributed by atoms with E-state index in [0.717, 1.165) is 0 Å². The van der Waals surface area contributed by atoms with Crippen LogP contribution in [-0.4, -0.2) is 66.0 Å². The lowest BCUT2D eigenvalue weighted by Crippen LogP contribution is -2.54. The number of para-hydroxylation sites is 1. The molecule has 4 N–H and O–H groups in total. The summed E-state index contributed by atoms with van der Waals surface area (Å²) in [5.74, 6) is -0.298. The molecule has 1 aromatic carbocycles. The van der Waals surface area contributed by atoms with Crippen molar-refractivity contribution in [3.05, 3.63) is 54.7 Å². The highest BCUT2D eigenvalue weighted by Crippen LogP contribution is 2.20. The highest BCUT2D eigenvalue weighted by Gasteiger charge is 2.35. The molecule has 1 saturated heterocycles. The molecular formula is C24H33N5O5S. The Morgan fingerprint density at radius 2 is 1.86 bits per heavy atom. The number of nitrogens with one attached hydrogen (secondary N) is 3. The van der Waals surface area contributed by atoms with Crippen molar-refractivity contribution in [2.24, 2.45) is 5.92 Å². The molecule has 190 valence electrons. The third kappa shape index (κ3) is 7.48. The Hall–Kier alpha value is -3.02. The minimum Gasteiger partial charge on any atom is -0.390 e. The first kappa shape index (κ1) is 26.6. The number of aliphatic hydroxyl groups excluding tert-OH is 1. The summed E-state index contributed by atoms with van der Waals surface area (Å²) < 4.78 is 27.0. The largest absolute Gasteiger partial charge is 0.390 e. The molecule has 11 heteroatoms. The maximum Gasteiger partial charge on any atom is 0.319 e. The standard InChI is InChI=1S/C24H33N5O5S/c1-17(2)15-20(28-24(32)26-18-9-4-3-5-10-18)23(31)27-19-11-8-14-29(16-21(19)30)35(33,34)22-12-6-7-13-25-22/h3-7,9-10,12-13,17,19-21,30H,8,11,14-16H2,1-2H3,(H,27,31)(H2,26,28,32)/t19?,20?,21-/m0/s1. The second-order valence-corrected chi connectivity index (χ2v) is 10.9. The Kier molecular flexibility index (Phi) is 9.19. The third-order valence-electron chi connectivity index (χ3n) is 5.71. The number of benzene rings is 1. The molecule has 0 saturated carbocycles. The summed E-state index contributed by atoms with van der Waals surface area (Å²) in [5.41, 5.74) is 0.599. The van der Waals surface area contributed by atoms with Crippen molar-refractivity contribution in [2.45, 2.75) is 56.3 Å². The highest BCUT2D eigenvalue weighted by molar-refractivity contribution is 7.89. The summed E-state index contributed by atoms with van der Waals surface area (Å²) in [6, 6.07) is 11.5. The van der Waals surface area contributed by atoms with E-state index in [4.69, 9.17) is 0 Å². The number of amides is 3. The molecule has 1 fully saturated rings. The van der Waals surface area contributed by atoms with Crippen molar-refractivity contribution in [2.75, 3.05) is 18.4 Å². The molecule has 0 spiro atoms. The molecule has 0 aliphatic carbocycles. The Morgan fingerprint density at radius 1 is 1.14 bits per heavy atom. The lowest BCUT2D eigenvalue weighted by molar-refractivity contribution is -0.124. The van der Waals surface area contributed by atoms with Crippen LogP contribution in [0.2, 0.25) is 0 Å². The molecule has 3 amide bonds. The number of nitrogens with zero attached hydrogens (tertiary/aromatic N) is 2. The minimum atomic E-state index is -3.86. The molecular weight excluding hydrogens is 470 g/mol. The summed E-state index contributed by atoms with van der Waals surface area (Å²) >= 11 is 0. The number of aliphatic hydroxyl groups is 1. The van der Waals surface area contributed by atoms with Gasteiger partial charge in [-0.25, -0.2) is 18.2 Å². The van der Waals surface area contributed by atoms with E-state index in [2.05, 4.69) is 20.9 Å². The first-order valence-corrected chi connectivity index (χ1v) is 13.1. The van der Waals surface area contributed by atoms with Crippen molar-refractivity contribution in [1.82, 2.24) is 19.9 Å². The van der Waals surface area contributed by atoms with Gasteiger partial charge < -0.3 is 21.1 Å². The van der Waals surface area contributed by atoms with Crippen molar-refractivity contribution in [3.8, 4) is 0 Å².